The number of nitrogens with zero attached hydrogens (tertiary/aromatic N) is 1. The third kappa shape index (κ3) is 3.52. The van der Waals surface area contributed by atoms with Gasteiger partial charge in [0.15, 0.2) is 0 Å². The van der Waals surface area contributed by atoms with E-state index in [1.54, 1.807) is 11.3 Å². The predicted octanol–water partition coefficient (Wildman–Crippen LogP) is 3.49. The van der Waals surface area contributed by atoms with E-state index in [9.17, 15) is 0 Å². The summed E-state index contributed by atoms with van der Waals surface area (Å²) in [6, 6.07) is 0.664. The highest BCUT2D eigenvalue weighted by Crippen LogP contribution is 2.35. The Bertz CT molecular complexity index is 310. The molecule has 17 heavy (non-hydrogen) atoms. The van der Waals surface area contributed by atoms with Crippen LogP contribution in [0.4, 0.5) is 0 Å². The maximum absolute atomic E-state index is 4.18. The number of nitrogens with one attached hydrogen (secondary N) is 1. The van der Waals surface area contributed by atoms with Crippen molar-refractivity contribution in [2.24, 2.45) is 11.8 Å². The van der Waals surface area contributed by atoms with Crippen molar-refractivity contribution in [3.8, 4) is 0 Å². The van der Waals surface area contributed by atoms with Crippen molar-refractivity contribution in [2.45, 2.75) is 52.0 Å². The summed E-state index contributed by atoms with van der Waals surface area (Å²) in [5.74, 6) is 1.85. The lowest BCUT2D eigenvalue weighted by atomic mass is 9.93. The first-order valence-corrected chi connectivity index (χ1v) is 7.82. The van der Waals surface area contributed by atoms with Gasteiger partial charge in [0.05, 0.1) is 5.51 Å². The van der Waals surface area contributed by atoms with Crippen molar-refractivity contribution in [1.82, 2.24) is 10.3 Å². The predicted molar refractivity (Wildman–Crippen MR) is 74.4 cm³/mol. The lowest BCUT2D eigenvalue weighted by molar-refractivity contribution is 0.350. The van der Waals surface area contributed by atoms with Crippen molar-refractivity contribution in [1.29, 1.82) is 0 Å². The number of likely N-dealkylation sites (N-methyl/N-ethyl adjacent to an activating group) is 1. The van der Waals surface area contributed by atoms with Crippen molar-refractivity contribution in [2.75, 3.05) is 6.54 Å². The first-order chi connectivity index (χ1) is 8.33. The minimum absolute atomic E-state index is 0.664. The van der Waals surface area contributed by atoms with E-state index in [-0.39, 0.29) is 0 Å². The van der Waals surface area contributed by atoms with E-state index in [1.807, 2.05) is 11.7 Å². The first-order valence-electron chi connectivity index (χ1n) is 6.94. The summed E-state index contributed by atoms with van der Waals surface area (Å²) in [5, 5.41) is 3.69. The Kier molecular flexibility index (Phi) is 4.99. The molecule has 0 radical (unpaired) electrons. The molecular weight excluding hydrogens is 228 g/mol. The van der Waals surface area contributed by atoms with Gasteiger partial charge in [0.1, 0.15) is 0 Å². The van der Waals surface area contributed by atoms with Crippen LogP contribution in [0.2, 0.25) is 0 Å². The lowest BCUT2D eigenvalue weighted by Gasteiger charge is -2.24. The molecule has 2 rings (SSSR count). The summed E-state index contributed by atoms with van der Waals surface area (Å²) in [6.45, 7) is 5.63. The van der Waals surface area contributed by atoms with E-state index < -0.39 is 0 Å². The number of rotatable bonds is 6. The molecule has 1 N–H and O–H groups in total. The lowest BCUT2D eigenvalue weighted by Crippen LogP contribution is -2.36. The molecule has 1 saturated carbocycles. The number of hydrogen-bond donors (Lipinski definition) is 1. The molecule has 2 nitrogen and oxygen atoms in total. The quantitative estimate of drug-likeness (QED) is 0.838. The smallest absolute Gasteiger partial charge is 0.0794 e. The summed E-state index contributed by atoms with van der Waals surface area (Å²) < 4.78 is 0. The van der Waals surface area contributed by atoms with E-state index in [1.165, 1.54) is 37.0 Å². The van der Waals surface area contributed by atoms with Gasteiger partial charge in [-0.2, -0.15) is 0 Å². The minimum atomic E-state index is 0.664. The summed E-state index contributed by atoms with van der Waals surface area (Å²) >= 11 is 1.79. The molecule has 0 amide bonds. The van der Waals surface area contributed by atoms with Gasteiger partial charge in [0, 0.05) is 17.1 Å². The molecule has 96 valence electrons. The Hall–Kier alpha value is -0.410. The Balaban J connectivity index is 1.92. The molecule has 1 heterocycles. The van der Waals surface area contributed by atoms with Gasteiger partial charge in [-0.3, -0.25) is 4.98 Å². The van der Waals surface area contributed by atoms with Crippen LogP contribution in [0.25, 0.3) is 0 Å². The van der Waals surface area contributed by atoms with Crippen LogP contribution in [0.3, 0.4) is 0 Å². The van der Waals surface area contributed by atoms with Crippen LogP contribution in [0, 0.1) is 11.8 Å². The van der Waals surface area contributed by atoms with Crippen LogP contribution >= 0.6 is 11.3 Å². The van der Waals surface area contributed by atoms with Crippen LogP contribution in [0.1, 0.15) is 44.4 Å². The third-order valence-corrected chi connectivity index (χ3v) is 4.90. The number of hydrogen-bond acceptors (Lipinski definition) is 3. The monoisotopic (exact) mass is 252 g/mol. The van der Waals surface area contributed by atoms with Gasteiger partial charge in [-0.25, -0.2) is 0 Å². The Morgan fingerprint density at radius 2 is 2.35 bits per heavy atom. The van der Waals surface area contributed by atoms with Crippen LogP contribution in [0.5, 0.6) is 0 Å². The molecule has 3 unspecified atom stereocenters. The van der Waals surface area contributed by atoms with Crippen LogP contribution < -0.4 is 5.32 Å². The zero-order chi connectivity index (χ0) is 12.1. The molecule has 1 fully saturated rings. The van der Waals surface area contributed by atoms with Crippen molar-refractivity contribution >= 4 is 11.3 Å². The molecule has 0 aliphatic heterocycles. The standard InChI is InChI=1S/C14H24N2S/c1-3-11-5-6-12(7-11)14(16-4-2)8-13-9-15-10-17-13/h9-12,14,16H,3-8H2,1-2H3. The topological polar surface area (TPSA) is 24.9 Å². The highest BCUT2D eigenvalue weighted by Gasteiger charge is 2.29. The summed E-state index contributed by atoms with van der Waals surface area (Å²) in [6.07, 6.45) is 8.82. The maximum atomic E-state index is 4.18. The van der Waals surface area contributed by atoms with Crippen molar-refractivity contribution < 1.29 is 0 Å². The van der Waals surface area contributed by atoms with E-state index in [0.717, 1.165) is 18.4 Å². The molecule has 1 aromatic heterocycles. The van der Waals surface area contributed by atoms with Gasteiger partial charge in [-0.05, 0) is 37.6 Å². The molecule has 0 aromatic carbocycles. The molecule has 0 spiro atoms. The van der Waals surface area contributed by atoms with Gasteiger partial charge < -0.3 is 5.32 Å². The first kappa shape index (κ1) is 13.0. The van der Waals surface area contributed by atoms with E-state index in [0.29, 0.717) is 6.04 Å². The molecule has 1 aliphatic rings. The second kappa shape index (κ2) is 6.50. The van der Waals surface area contributed by atoms with Crippen LogP contribution in [-0.4, -0.2) is 17.6 Å². The SMILES string of the molecule is CCNC(Cc1cncs1)C1CCC(CC)C1. The fourth-order valence-electron chi connectivity index (χ4n) is 3.08. The van der Waals surface area contributed by atoms with Crippen molar-refractivity contribution in [3.63, 3.8) is 0 Å². The summed E-state index contributed by atoms with van der Waals surface area (Å²) in [7, 11) is 0. The second-order valence-corrected chi connectivity index (χ2v) is 6.15. The molecule has 1 aromatic rings. The average molecular weight is 252 g/mol. The third-order valence-electron chi connectivity index (χ3n) is 4.10. The van der Waals surface area contributed by atoms with Gasteiger partial charge in [0.25, 0.3) is 0 Å². The molecule has 3 atom stereocenters. The van der Waals surface area contributed by atoms with Crippen molar-refractivity contribution in [3.05, 3.63) is 16.6 Å². The summed E-state index contributed by atoms with van der Waals surface area (Å²) in [5.41, 5.74) is 1.95. The van der Waals surface area contributed by atoms with Crippen LogP contribution in [-0.2, 0) is 6.42 Å². The molecule has 3 heteroatoms. The molecule has 0 saturated heterocycles. The Labute approximate surface area is 109 Å². The van der Waals surface area contributed by atoms with E-state index in [2.05, 4.69) is 24.1 Å². The second-order valence-electron chi connectivity index (χ2n) is 5.18. The van der Waals surface area contributed by atoms with Gasteiger partial charge in [-0.1, -0.05) is 26.7 Å². The highest BCUT2D eigenvalue weighted by molar-refractivity contribution is 7.09. The fraction of sp³-hybridized carbons (Fsp3) is 0.786. The maximum Gasteiger partial charge on any atom is 0.0794 e. The molecular formula is C14H24N2S. The minimum Gasteiger partial charge on any atom is -0.314 e. The van der Waals surface area contributed by atoms with Gasteiger partial charge in [-0.15, -0.1) is 11.3 Å². The average Bonchev–Trinajstić information content (AvgIpc) is 2.99. The Morgan fingerprint density at radius 3 is 2.94 bits per heavy atom. The van der Waals surface area contributed by atoms with Gasteiger partial charge >= 0.3 is 0 Å². The largest absolute Gasteiger partial charge is 0.314 e. The zero-order valence-electron chi connectivity index (χ0n) is 11.0. The summed E-state index contributed by atoms with van der Waals surface area (Å²) in [4.78, 5) is 5.61. The normalized spacial score (nSPS) is 26.2. The fourth-order valence-corrected chi connectivity index (χ4v) is 3.73. The van der Waals surface area contributed by atoms with E-state index >= 15 is 0 Å². The highest BCUT2D eigenvalue weighted by atomic mass is 32.1. The van der Waals surface area contributed by atoms with Gasteiger partial charge in [0.2, 0.25) is 0 Å². The van der Waals surface area contributed by atoms with E-state index in [4.69, 9.17) is 0 Å². The number of aromatic nitrogens is 1. The molecule has 1 aliphatic carbocycles. The van der Waals surface area contributed by atoms with Crippen LogP contribution in [0.15, 0.2) is 11.7 Å². The number of thiazole rings is 1. The zero-order valence-corrected chi connectivity index (χ0v) is 11.8. The molecule has 0 bridgehead atoms. The Morgan fingerprint density at radius 1 is 1.47 bits per heavy atom.